The van der Waals surface area contributed by atoms with Crippen LogP contribution in [0.15, 0.2) is 29.1 Å². The number of aromatic nitrogens is 3. The second-order valence-corrected chi connectivity index (χ2v) is 4.43. The molecule has 7 heteroatoms. The molecule has 1 aromatic carbocycles. The number of nitrogens with zero attached hydrogens (tertiary/aromatic N) is 3. The summed E-state index contributed by atoms with van der Waals surface area (Å²) >= 11 is 0. The molecule has 112 valence electrons. The molecule has 21 heavy (non-hydrogen) atoms. The zero-order chi connectivity index (χ0) is 15.4. The monoisotopic (exact) mass is 291 g/mol. The van der Waals surface area contributed by atoms with Crippen LogP contribution in [0.4, 0.5) is 0 Å². The molecule has 0 aliphatic carbocycles. The lowest BCUT2D eigenvalue weighted by Crippen LogP contribution is -2.26. The maximum Gasteiger partial charge on any atom is 0.350 e. The van der Waals surface area contributed by atoms with Gasteiger partial charge in [0.15, 0.2) is 0 Å². The van der Waals surface area contributed by atoms with E-state index in [-0.39, 0.29) is 24.8 Å². The smallest absolute Gasteiger partial charge is 0.350 e. The molecule has 0 atom stereocenters. The van der Waals surface area contributed by atoms with Gasteiger partial charge in [-0.15, -0.1) is 0 Å². The minimum atomic E-state index is -0.372. The molecule has 0 unspecified atom stereocenters. The van der Waals surface area contributed by atoms with Crippen molar-refractivity contribution < 1.29 is 14.3 Å². The number of aryl methyl sites for hydroxylation is 1. The third kappa shape index (κ3) is 3.31. The summed E-state index contributed by atoms with van der Waals surface area (Å²) in [5.41, 5.74) is 0.375. The number of hydrogen-bond acceptors (Lipinski definition) is 5. The van der Waals surface area contributed by atoms with Gasteiger partial charge in [0.1, 0.15) is 18.2 Å². The summed E-state index contributed by atoms with van der Waals surface area (Å²) in [7, 11) is 1.58. The van der Waals surface area contributed by atoms with Crippen molar-refractivity contribution in [2.24, 2.45) is 0 Å². The quantitative estimate of drug-likeness (QED) is 0.766. The molecule has 0 aliphatic heterocycles. The highest BCUT2D eigenvalue weighted by molar-refractivity contribution is 5.65. The van der Waals surface area contributed by atoms with Crippen molar-refractivity contribution in [3.63, 3.8) is 0 Å². The molecule has 0 N–H and O–H groups in total. The van der Waals surface area contributed by atoms with Crippen LogP contribution in [0, 0.1) is 6.92 Å². The van der Waals surface area contributed by atoms with E-state index in [1.165, 1.54) is 16.2 Å². The van der Waals surface area contributed by atoms with E-state index in [0.29, 0.717) is 17.3 Å². The number of benzene rings is 1. The summed E-state index contributed by atoms with van der Waals surface area (Å²) in [6.07, 6.45) is 0. The highest BCUT2D eigenvalue weighted by atomic mass is 16.5. The Morgan fingerprint density at radius 1 is 1.29 bits per heavy atom. The van der Waals surface area contributed by atoms with Crippen molar-refractivity contribution >= 4 is 5.97 Å². The van der Waals surface area contributed by atoms with E-state index in [0.717, 1.165) is 0 Å². The normalized spacial score (nSPS) is 10.4. The summed E-state index contributed by atoms with van der Waals surface area (Å²) in [6, 6.07) is 7.02. The van der Waals surface area contributed by atoms with Gasteiger partial charge in [0, 0.05) is 6.92 Å². The predicted octanol–water partition coefficient (Wildman–Crippen LogP) is 0.914. The second kappa shape index (κ2) is 6.25. The summed E-state index contributed by atoms with van der Waals surface area (Å²) in [4.78, 5) is 23.1. The Bertz CT molecular complexity index is 685. The van der Waals surface area contributed by atoms with E-state index in [1.54, 1.807) is 38.3 Å². The van der Waals surface area contributed by atoms with Crippen LogP contribution in [0.3, 0.4) is 0 Å². The van der Waals surface area contributed by atoms with Crippen LogP contribution >= 0.6 is 0 Å². The Morgan fingerprint density at radius 3 is 2.52 bits per heavy atom. The molecule has 0 amide bonds. The lowest BCUT2D eigenvalue weighted by Gasteiger charge is -2.03. The molecule has 2 rings (SSSR count). The topological polar surface area (TPSA) is 75.3 Å². The maximum atomic E-state index is 12.3. The van der Waals surface area contributed by atoms with Crippen LogP contribution in [0.1, 0.15) is 12.7 Å². The van der Waals surface area contributed by atoms with Crippen molar-refractivity contribution in [3.05, 3.63) is 40.6 Å². The lowest BCUT2D eigenvalue weighted by molar-refractivity contribution is -0.141. The Balaban J connectivity index is 2.25. The van der Waals surface area contributed by atoms with E-state index in [9.17, 15) is 9.59 Å². The SMILES string of the molecule is COc1ccc(-n2nc(C)n(CCOC(C)=O)c2=O)cc1. The highest BCUT2D eigenvalue weighted by Gasteiger charge is 2.11. The number of carbonyl (C=O) groups excluding carboxylic acids is 1. The molecule has 0 aliphatic rings. The van der Waals surface area contributed by atoms with Gasteiger partial charge in [0.05, 0.1) is 19.3 Å². The Hall–Kier alpha value is -2.57. The number of methoxy groups -OCH3 is 1. The first kappa shape index (κ1) is 14.8. The highest BCUT2D eigenvalue weighted by Crippen LogP contribution is 2.13. The van der Waals surface area contributed by atoms with Gasteiger partial charge >= 0.3 is 11.7 Å². The van der Waals surface area contributed by atoms with E-state index in [2.05, 4.69) is 5.10 Å². The second-order valence-electron chi connectivity index (χ2n) is 4.43. The molecule has 1 heterocycles. The van der Waals surface area contributed by atoms with Crippen molar-refractivity contribution in [2.75, 3.05) is 13.7 Å². The Kier molecular flexibility index (Phi) is 4.42. The van der Waals surface area contributed by atoms with Gasteiger partial charge < -0.3 is 9.47 Å². The molecule has 0 fully saturated rings. The van der Waals surface area contributed by atoms with Crippen LogP contribution in [0.2, 0.25) is 0 Å². The van der Waals surface area contributed by atoms with Crippen molar-refractivity contribution in [2.45, 2.75) is 20.4 Å². The fourth-order valence-corrected chi connectivity index (χ4v) is 1.92. The summed E-state index contributed by atoms with van der Waals surface area (Å²) in [6.45, 7) is 3.48. The van der Waals surface area contributed by atoms with E-state index in [1.807, 2.05) is 0 Å². The number of hydrogen-bond donors (Lipinski definition) is 0. The van der Waals surface area contributed by atoms with Crippen LogP contribution in [0.5, 0.6) is 5.75 Å². The number of carbonyl (C=O) groups is 1. The fraction of sp³-hybridized carbons (Fsp3) is 0.357. The Morgan fingerprint density at radius 2 is 1.95 bits per heavy atom. The van der Waals surface area contributed by atoms with Crippen LogP contribution < -0.4 is 10.4 Å². The van der Waals surface area contributed by atoms with Crippen molar-refractivity contribution in [1.82, 2.24) is 14.3 Å². The predicted molar refractivity (Wildman–Crippen MR) is 75.7 cm³/mol. The molecule has 0 radical (unpaired) electrons. The molecule has 0 spiro atoms. The number of rotatable bonds is 5. The zero-order valence-corrected chi connectivity index (χ0v) is 12.2. The lowest BCUT2D eigenvalue weighted by atomic mass is 10.3. The Labute approximate surface area is 121 Å². The van der Waals surface area contributed by atoms with Gasteiger partial charge in [-0.05, 0) is 31.2 Å². The summed E-state index contributed by atoms with van der Waals surface area (Å²) in [5.74, 6) is 0.893. The van der Waals surface area contributed by atoms with Crippen LogP contribution in [-0.4, -0.2) is 34.0 Å². The number of ether oxygens (including phenoxy) is 2. The standard InChI is InChI=1S/C14H17N3O4/c1-10-15-17(12-4-6-13(20-3)7-5-12)14(19)16(10)8-9-21-11(2)18/h4-7H,8-9H2,1-3H3. The maximum absolute atomic E-state index is 12.3. The van der Waals surface area contributed by atoms with Crippen molar-refractivity contribution in [3.8, 4) is 11.4 Å². The molecule has 7 nitrogen and oxygen atoms in total. The first-order chi connectivity index (χ1) is 10.0. The molecular formula is C14H17N3O4. The minimum absolute atomic E-state index is 0.143. The van der Waals surface area contributed by atoms with Gasteiger partial charge in [-0.2, -0.15) is 9.78 Å². The largest absolute Gasteiger partial charge is 0.497 e. The van der Waals surface area contributed by atoms with Crippen molar-refractivity contribution in [1.29, 1.82) is 0 Å². The number of esters is 1. The average Bonchev–Trinajstić information content (AvgIpc) is 2.75. The van der Waals surface area contributed by atoms with Gasteiger partial charge in [0.2, 0.25) is 0 Å². The van der Waals surface area contributed by atoms with E-state index in [4.69, 9.17) is 9.47 Å². The van der Waals surface area contributed by atoms with Gasteiger partial charge in [0.25, 0.3) is 0 Å². The first-order valence-corrected chi connectivity index (χ1v) is 6.47. The molecular weight excluding hydrogens is 274 g/mol. The summed E-state index contributed by atoms with van der Waals surface area (Å²) < 4.78 is 12.7. The molecule has 0 bridgehead atoms. The molecule has 0 saturated carbocycles. The third-order valence-corrected chi connectivity index (χ3v) is 2.98. The summed E-state index contributed by atoms with van der Waals surface area (Å²) in [5, 5.41) is 4.22. The van der Waals surface area contributed by atoms with Crippen LogP contribution in [-0.2, 0) is 16.1 Å². The first-order valence-electron chi connectivity index (χ1n) is 6.47. The van der Waals surface area contributed by atoms with Gasteiger partial charge in [-0.25, -0.2) is 4.79 Å². The molecule has 0 saturated heterocycles. The third-order valence-electron chi connectivity index (χ3n) is 2.98. The van der Waals surface area contributed by atoms with Gasteiger partial charge in [-0.1, -0.05) is 0 Å². The van der Waals surface area contributed by atoms with E-state index >= 15 is 0 Å². The van der Waals surface area contributed by atoms with E-state index < -0.39 is 0 Å². The molecule has 2 aromatic rings. The molecule has 1 aromatic heterocycles. The zero-order valence-electron chi connectivity index (χ0n) is 12.2. The minimum Gasteiger partial charge on any atom is -0.497 e. The fourth-order valence-electron chi connectivity index (χ4n) is 1.92. The van der Waals surface area contributed by atoms with Gasteiger partial charge in [-0.3, -0.25) is 9.36 Å². The van der Waals surface area contributed by atoms with Crippen LogP contribution in [0.25, 0.3) is 5.69 Å². The average molecular weight is 291 g/mol.